The maximum atomic E-state index is 13.7. The van der Waals surface area contributed by atoms with E-state index < -0.39 is 5.41 Å². The largest absolute Gasteiger partial charge is 0.461 e. The molecule has 0 N–H and O–H groups in total. The zero-order valence-corrected chi connectivity index (χ0v) is 14.5. The normalized spacial score (nSPS) is 63.6. The molecular weight excluding hydrogens is 304 g/mol. The number of Topliss-reactive ketones (excluding diaryl/α,β-unsaturated/α-hetero) is 1. The fraction of sp³-hybridized carbons (Fsp3) is 0.850. The molecule has 128 valence electrons. The summed E-state index contributed by atoms with van der Waals surface area (Å²) in [6.45, 7) is 6.52. The van der Waals surface area contributed by atoms with Crippen LogP contribution in [0.25, 0.3) is 0 Å². The molecule has 2 bridgehead atoms. The number of hydrogen-bond donors (Lipinski definition) is 0. The molecule has 1 saturated heterocycles. The van der Waals surface area contributed by atoms with Crippen molar-refractivity contribution >= 4 is 18.0 Å². The van der Waals surface area contributed by atoms with Crippen LogP contribution in [-0.2, 0) is 19.1 Å². The second kappa shape index (κ2) is 3.39. The summed E-state index contributed by atoms with van der Waals surface area (Å²) in [6, 6.07) is 0. The summed E-state index contributed by atoms with van der Waals surface area (Å²) >= 11 is 0. The van der Waals surface area contributed by atoms with Gasteiger partial charge in [-0.15, -0.1) is 0 Å². The van der Waals surface area contributed by atoms with Gasteiger partial charge in [0.05, 0.1) is 5.41 Å². The molecule has 0 amide bonds. The first kappa shape index (κ1) is 14.0. The lowest BCUT2D eigenvalue weighted by molar-refractivity contribution is -0.211. The maximum Gasteiger partial charge on any atom is 0.313 e. The standard InChI is InChI=1S/C20H24O4/c1-17(2)5-4-6-19-10-7-11(24-16(19)23)20-9(8-21)12(20)13(18(10,20)3)14(22)15(17)19/h8-13,15H,4-7H2,1-3H3/t9-,10-,11+,12?,13-,15+,18+,19-,20-/m0/s1. The fourth-order valence-electron chi connectivity index (χ4n) is 9.34. The highest BCUT2D eigenvalue weighted by molar-refractivity contribution is 5.99. The van der Waals surface area contributed by atoms with Gasteiger partial charge in [-0.3, -0.25) is 9.59 Å². The summed E-state index contributed by atoms with van der Waals surface area (Å²) in [7, 11) is 0. The van der Waals surface area contributed by atoms with E-state index in [9.17, 15) is 14.4 Å². The van der Waals surface area contributed by atoms with Crippen molar-refractivity contribution in [1.29, 1.82) is 0 Å². The summed E-state index contributed by atoms with van der Waals surface area (Å²) in [6.07, 6.45) is 4.57. The first-order valence-electron chi connectivity index (χ1n) is 9.49. The predicted octanol–water partition coefficient (Wildman–Crippen LogP) is 2.39. The van der Waals surface area contributed by atoms with Crippen molar-refractivity contribution in [3.8, 4) is 0 Å². The lowest BCUT2D eigenvalue weighted by Gasteiger charge is -2.65. The zero-order valence-electron chi connectivity index (χ0n) is 14.5. The van der Waals surface area contributed by atoms with Crippen LogP contribution in [0.15, 0.2) is 0 Å². The highest BCUT2D eigenvalue weighted by Gasteiger charge is 2.99. The first-order valence-corrected chi connectivity index (χ1v) is 9.49. The molecule has 4 heteroatoms. The van der Waals surface area contributed by atoms with Gasteiger partial charge in [0.25, 0.3) is 0 Å². The van der Waals surface area contributed by atoms with Crippen LogP contribution in [0.3, 0.4) is 0 Å². The molecule has 0 aromatic heterocycles. The maximum absolute atomic E-state index is 13.7. The van der Waals surface area contributed by atoms with Gasteiger partial charge < -0.3 is 9.53 Å². The Morgan fingerprint density at radius 2 is 1.92 bits per heavy atom. The van der Waals surface area contributed by atoms with Gasteiger partial charge in [0.1, 0.15) is 18.2 Å². The van der Waals surface area contributed by atoms with Gasteiger partial charge in [0.2, 0.25) is 0 Å². The van der Waals surface area contributed by atoms with Gasteiger partial charge in [0, 0.05) is 23.2 Å². The van der Waals surface area contributed by atoms with Gasteiger partial charge in [-0.1, -0.05) is 27.2 Å². The fourth-order valence-corrected chi connectivity index (χ4v) is 9.34. The van der Waals surface area contributed by atoms with Crippen LogP contribution < -0.4 is 0 Å². The van der Waals surface area contributed by atoms with E-state index in [2.05, 4.69) is 20.8 Å². The van der Waals surface area contributed by atoms with Crippen LogP contribution in [0, 0.1) is 51.2 Å². The quantitative estimate of drug-likeness (QED) is 0.548. The minimum absolute atomic E-state index is 0.0206. The van der Waals surface area contributed by atoms with E-state index >= 15 is 0 Å². The molecule has 6 fully saturated rings. The van der Waals surface area contributed by atoms with Crippen molar-refractivity contribution in [2.45, 2.75) is 52.6 Å². The number of hydrogen-bond acceptors (Lipinski definition) is 4. The molecule has 5 aliphatic carbocycles. The molecule has 6 rings (SSSR count). The molecule has 2 spiro atoms. The SMILES string of the molecule is CC1(C)CCC[C@]23C(=O)O[C@@H]4C[C@H]2[C@]2(C)[C@H](C(=O)[C@H]13)C1[C@H](C=O)[C@@]142. The average Bonchev–Trinajstić information content (AvgIpc) is 3.04. The van der Waals surface area contributed by atoms with Crippen LogP contribution in [0.2, 0.25) is 0 Å². The highest BCUT2D eigenvalue weighted by Crippen LogP contribution is 2.95. The third-order valence-electron chi connectivity index (χ3n) is 9.72. The Morgan fingerprint density at radius 3 is 2.62 bits per heavy atom. The van der Waals surface area contributed by atoms with Gasteiger partial charge >= 0.3 is 5.97 Å². The molecule has 24 heavy (non-hydrogen) atoms. The summed E-state index contributed by atoms with van der Waals surface area (Å²) in [5, 5.41) is 0. The molecule has 0 aromatic rings. The van der Waals surface area contributed by atoms with Crippen molar-refractivity contribution in [3.05, 3.63) is 0 Å². The number of carbonyl (C=O) groups excluding carboxylic acids is 3. The van der Waals surface area contributed by atoms with Crippen LogP contribution >= 0.6 is 0 Å². The number of rotatable bonds is 1. The minimum atomic E-state index is -0.620. The Morgan fingerprint density at radius 1 is 1.17 bits per heavy atom. The van der Waals surface area contributed by atoms with Crippen LogP contribution in [0.1, 0.15) is 46.5 Å². The van der Waals surface area contributed by atoms with Crippen LogP contribution in [0.5, 0.6) is 0 Å². The Hall–Kier alpha value is -1.19. The molecular formula is C20H24O4. The topological polar surface area (TPSA) is 60.4 Å². The second-order valence-electron chi connectivity index (χ2n) is 10.3. The predicted molar refractivity (Wildman–Crippen MR) is 83.6 cm³/mol. The van der Waals surface area contributed by atoms with E-state index in [0.29, 0.717) is 0 Å². The molecule has 9 atom stereocenters. The third-order valence-corrected chi connectivity index (χ3v) is 9.72. The molecule has 1 unspecified atom stereocenters. The van der Waals surface area contributed by atoms with Crippen molar-refractivity contribution in [1.82, 2.24) is 0 Å². The molecule has 5 saturated carbocycles. The van der Waals surface area contributed by atoms with Crippen molar-refractivity contribution in [3.63, 3.8) is 0 Å². The Kier molecular flexibility index (Phi) is 1.98. The summed E-state index contributed by atoms with van der Waals surface area (Å²) in [4.78, 5) is 38.7. The number of ether oxygens (including phenoxy) is 1. The Balaban J connectivity index is 1.65. The first-order chi connectivity index (χ1) is 11.3. The van der Waals surface area contributed by atoms with E-state index in [1.165, 1.54) is 0 Å². The highest BCUT2D eigenvalue weighted by atomic mass is 16.6. The molecule has 6 aliphatic rings. The number of fused-ring (bicyclic) bond motifs is 2. The Bertz CT molecular complexity index is 740. The number of carbonyl (C=O) groups is 3. The van der Waals surface area contributed by atoms with E-state index in [0.717, 1.165) is 32.0 Å². The molecule has 0 radical (unpaired) electrons. The monoisotopic (exact) mass is 328 g/mol. The number of aldehydes is 1. The van der Waals surface area contributed by atoms with E-state index in [-0.39, 0.29) is 63.7 Å². The van der Waals surface area contributed by atoms with Gasteiger partial charge in [-0.2, -0.15) is 0 Å². The van der Waals surface area contributed by atoms with Crippen molar-refractivity contribution in [2.75, 3.05) is 0 Å². The summed E-state index contributed by atoms with van der Waals surface area (Å²) in [5.41, 5.74) is -1.17. The second-order valence-corrected chi connectivity index (χ2v) is 10.3. The lowest BCUT2D eigenvalue weighted by atomic mass is 9.35. The van der Waals surface area contributed by atoms with E-state index in [4.69, 9.17) is 4.74 Å². The van der Waals surface area contributed by atoms with Crippen molar-refractivity contribution in [2.24, 2.45) is 51.2 Å². The molecule has 1 aliphatic heterocycles. The summed E-state index contributed by atoms with van der Waals surface area (Å²) in [5.74, 6) is 0.218. The van der Waals surface area contributed by atoms with E-state index in [1.807, 2.05) is 0 Å². The smallest absolute Gasteiger partial charge is 0.313 e. The van der Waals surface area contributed by atoms with Gasteiger partial charge in [-0.25, -0.2) is 0 Å². The zero-order chi connectivity index (χ0) is 16.9. The van der Waals surface area contributed by atoms with E-state index in [1.54, 1.807) is 0 Å². The van der Waals surface area contributed by atoms with Crippen molar-refractivity contribution < 1.29 is 19.1 Å². The Labute approximate surface area is 141 Å². The third kappa shape index (κ3) is 0.928. The number of esters is 1. The molecule has 4 nitrogen and oxygen atoms in total. The van der Waals surface area contributed by atoms with Gasteiger partial charge in [0.15, 0.2) is 0 Å². The number of ketones is 1. The lowest BCUT2D eigenvalue weighted by Crippen LogP contribution is -2.69. The van der Waals surface area contributed by atoms with Crippen LogP contribution in [-0.4, -0.2) is 24.1 Å². The summed E-state index contributed by atoms with van der Waals surface area (Å²) < 4.78 is 6.04. The molecule has 1 heterocycles. The minimum Gasteiger partial charge on any atom is -0.461 e. The average molecular weight is 328 g/mol. The van der Waals surface area contributed by atoms with Crippen LogP contribution in [0.4, 0.5) is 0 Å². The van der Waals surface area contributed by atoms with Gasteiger partial charge in [-0.05, 0) is 41.9 Å². The molecule has 0 aromatic carbocycles.